The van der Waals surface area contributed by atoms with Crippen molar-refractivity contribution in [3.8, 4) is 5.75 Å². The summed E-state index contributed by atoms with van der Waals surface area (Å²) in [6.45, 7) is 3.03. The minimum absolute atomic E-state index is 0.129. The van der Waals surface area contributed by atoms with Crippen LogP contribution in [0.1, 0.15) is 19.4 Å². The van der Waals surface area contributed by atoms with E-state index in [0.717, 1.165) is 5.56 Å². The summed E-state index contributed by atoms with van der Waals surface area (Å²) >= 11 is 0. The van der Waals surface area contributed by atoms with E-state index in [2.05, 4.69) is 0 Å². The smallest absolute Gasteiger partial charge is 0.329 e. The summed E-state index contributed by atoms with van der Waals surface area (Å²) in [6.07, 6.45) is 0.129. The van der Waals surface area contributed by atoms with Crippen molar-refractivity contribution in [3.05, 3.63) is 60.2 Å². The first-order valence-corrected chi connectivity index (χ1v) is 7.60. The van der Waals surface area contributed by atoms with Gasteiger partial charge in [0.05, 0.1) is 13.5 Å². The molecule has 0 unspecified atom stereocenters. The van der Waals surface area contributed by atoms with Crippen LogP contribution in [0.25, 0.3) is 0 Å². The molecule has 0 saturated heterocycles. The molecule has 5 heteroatoms. The second-order valence-electron chi connectivity index (χ2n) is 5.95. The highest BCUT2D eigenvalue weighted by Crippen LogP contribution is 2.27. The van der Waals surface area contributed by atoms with Crippen LogP contribution in [-0.2, 0) is 16.0 Å². The number of amides is 1. The number of carboxylic acid groups (broad SMARTS) is 1. The van der Waals surface area contributed by atoms with Crippen LogP contribution >= 0.6 is 0 Å². The number of rotatable bonds is 6. The van der Waals surface area contributed by atoms with Gasteiger partial charge < -0.3 is 9.84 Å². The average molecular weight is 327 g/mol. The molecule has 0 spiro atoms. The van der Waals surface area contributed by atoms with Gasteiger partial charge >= 0.3 is 5.97 Å². The number of carbonyl (C=O) groups excluding carboxylic acids is 1. The molecule has 0 radical (unpaired) electrons. The fraction of sp³-hybridized carbons (Fsp3) is 0.263. The van der Waals surface area contributed by atoms with Crippen molar-refractivity contribution in [2.75, 3.05) is 12.0 Å². The highest BCUT2D eigenvalue weighted by atomic mass is 16.5. The Morgan fingerprint density at radius 3 is 2.12 bits per heavy atom. The fourth-order valence-corrected chi connectivity index (χ4v) is 2.45. The Hall–Kier alpha value is -2.82. The minimum atomic E-state index is -1.37. The lowest BCUT2D eigenvalue weighted by Crippen LogP contribution is -2.54. The third-order valence-corrected chi connectivity index (χ3v) is 3.86. The summed E-state index contributed by atoms with van der Waals surface area (Å²) < 4.78 is 5.12. The van der Waals surface area contributed by atoms with E-state index in [9.17, 15) is 14.7 Å². The number of methoxy groups -OCH3 is 1. The van der Waals surface area contributed by atoms with Crippen molar-refractivity contribution in [2.24, 2.45) is 0 Å². The van der Waals surface area contributed by atoms with Gasteiger partial charge in [0.15, 0.2) is 0 Å². The molecule has 2 rings (SSSR count). The molecule has 5 nitrogen and oxygen atoms in total. The zero-order valence-electron chi connectivity index (χ0n) is 14.0. The summed E-state index contributed by atoms with van der Waals surface area (Å²) in [5.74, 6) is -0.708. The topological polar surface area (TPSA) is 66.8 Å². The van der Waals surface area contributed by atoms with Crippen molar-refractivity contribution in [2.45, 2.75) is 25.8 Å². The third-order valence-electron chi connectivity index (χ3n) is 3.86. The molecule has 24 heavy (non-hydrogen) atoms. The first-order chi connectivity index (χ1) is 11.4. The van der Waals surface area contributed by atoms with Crippen LogP contribution in [0.3, 0.4) is 0 Å². The molecular formula is C19H21NO4. The predicted octanol–water partition coefficient (Wildman–Crippen LogP) is 3.13. The van der Waals surface area contributed by atoms with Gasteiger partial charge in [-0.15, -0.1) is 0 Å². The lowest BCUT2D eigenvalue weighted by atomic mass is 10.00. The molecule has 0 aliphatic carbocycles. The van der Waals surface area contributed by atoms with E-state index in [1.807, 2.05) is 30.3 Å². The highest BCUT2D eigenvalue weighted by Gasteiger charge is 2.38. The second-order valence-corrected chi connectivity index (χ2v) is 5.95. The van der Waals surface area contributed by atoms with E-state index in [4.69, 9.17) is 4.74 Å². The number of carbonyl (C=O) groups is 2. The largest absolute Gasteiger partial charge is 0.497 e. The van der Waals surface area contributed by atoms with Gasteiger partial charge in [-0.3, -0.25) is 9.69 Å². The number of aliphatic carboxylic acids is 1. The molecule has 126 valence electrons. The Morgan fingerprint density at radius 1 is 1.04 bits per heavy atom. The molecule has 0 aliphatic rings. The minimum Gasteiger partial charge on any atom is -0.497 e. The van der Waals surface area contributed by atoms with E-state index in [1.165, 1.54) is 18.7 Å². The Labute approximate surface area is 141 Å². The normalized spacial score (nSPS) is 11.0. The molecule has 0 fully saturated rings. The lowest BCUT2D eigenvalue weighted by molar-refractivity contribution is -0.143. The maximum Gasteiger partial charge on any atom is 0.329 e. The first-order valence-electron chi connectivity index (χ1n) is 7.60. The zero-order valence-corrected chi connectivity index (χ0v) is 14.0. The molecule has 2 aromatic rings. The first kappa shape index (κ1) is 17.5. The summed E-state index contributed by atoms with van der Waals surface area (Å²) in [4.78, 5) is 25.9. The van der Waals surface area contributed by atoms with Crippen molar-refractivity contribution in [1.82, 2.24) is 0 Å². The van der Waals surface area contributed by atoms with Gasteiger partial charge in [0, 0.05) is 5.69 Å². The second kappa shape index (κ2) is 7.17. The number of hydrogen-bond donors (Lipinski definition) is 1. The Balaban J connectivity index is 2.38. The van der Waals surface area contributed by atoms with Crippen LogP contribution in [0.4, 0.5) is 5.69 Å². The maximum absolute atomic E-state index is 12.9. The predicted molar refractivity (Wildman–Crippen MR) is 92.3 cm³/mol. The molecule has 1 amide bonds. The molecular weight excluding hydrogens is 306 g/mol. The van der Waals surface area contributed by atoms with E-state index >= 15 is 0 Å². The van der Waals surface area contributed by atoms with Crippen LogP contribution in [-0.4, -0.2) is 29.6 Å². The Morgan fingerprint density at radius 2 is 1.62 bits per heavy atom. The van der Waals surface area contributed by atoms with Gasteiger partial charge in [-0.1, -0.05) is 30.3 Å². The molecule has 0 bridgehead atoms. The Kier molecular flexibility index (Phi) is 5.24. The van der Waals surface area contributed by atoms with Gasteiger partial charge in [-0.2, -0.15) is 0 Å². The van der Waals surface area contributed by atoms with Crippen LogP contribution in [0.2, 0.25) is 0 Å². The molecule has 0 aliphatic heterocycles. The van der Waals surface area contributed by atoms with Gasteiger partial charge in [0.25, 0.3) is 0 Å². The van der Waals surface area contributed by atoms with Crippen molar-refractivity contribution < 1.29 is 19.4 Å². The van der Waals surface area contributed by atoms with E-state index in [-0.39, 0.29) is 12.3 Å². The van der Waals surface area contributed by atoms with E-state index in [0.29, 0.717) is 11.4 Å². The maximum atomic E-state index is 12.9. The average Bonchev–Trinajstić information content (AvgIpc) is 2.56. The molecule has 2 aromatic carbocycles. The fourth-order valence-electron chi connectivity index (χ4n) is 2.45. The van der Waals surface area contributed by atoms with Gasteiger partial charge in [-0.25, -0.2) is 4.79 Å². The SMILES string of the molecule is COc1ccc(N(C(=O)Cc2ccccc2)C(C)(C)C(=O)O)cc1. The number of hydrogen-bond acceptors (Lipinski definition) is 3. The van der Waals surface area contributed by atoms with Crippen LogP contribution in [0.5, 0.6) is 5.75 Å². The standard InChI is InChI=1S/C19H21NO4/c1-19(2,18(22)23)20(15-9-11-16(24-3)12-10-15)17(21)13-14-7-5-4-6-8-14/h4-12H,13H2,1-3H3,(H,22,23). The summed E-state index contributed by atoms with van der Waals surface area (Å²) in [7, 11) is 1.55. The number of anilines is 1. The summed E-state index contributed by atoms with van der Waals surface area (Å²) in [5, 5.41) is 9.57. The van der Waals surface area contributed by atoms with Gasteiger partial charge in [0.2, 0.25) is 5.91 Å². The quantitative estimate of drug-likeness (QED) is 0.885. The summed E-state index contributed by atoms with van der Waals surface area (Å²) in [6, 6.07) is 16.0. The monoisotopic (exact) mass is 327 g/mol. The number of ether oxygens (including phenoxy) is 1. The van der Waals surface area contributed by atoms with E-state index < -0.39 is 11.5 Å². The van der Waals surface area contributed by atoms with E-state index in [1.54, 1.807) is 31.4 Å². The Bertz CT molecular complexity index is 708. The molecule has 0 saturated carbocycles. The number of carboxylic acids is 1. The van der Waals surface area contributed by atoms with Gasteiger partial charge in [-0.05, 0) is 43.7 Å². The molecule has 0 aromatic heterocycles. The molecule has 0 heterocycles. The van der Waals surface area contributed by atoms with Gasteiger partial charge in [0.1, 0.15) is 11.3 Å². The number of benzene rings is 2. The lowest BCUT2D eigenvalue weighted by Gasteiger charge is -2.35. The third kappa shape index (κ3) is 3.74. The molecule has 1 N–H and O–H groups in total. The molecule has 0 atom stereocenters. The summed E-state index contributed by atoms with van der Waals surface area (Å²) in [5.41, 5.74) is -0.0215. The van der Waals surface area contributed by atoms with Crippen molar-refractivity contribution >= 4 is 17.6 Å². The highest BCUT2D eigenvalue weighted by molar-refractivity contribution is 6.02. The van der Waals surface area contributed by atoms with Crippen molar-refractivity contribution in [1.29, 1.82) is 0 Å². The van der Waals surface area contributed by atoms with Crippen LogP contribution in [0.15, 0.2) is 54.6 Å². The van der Waals surface area contributed by atoms with Crippen LogP contribution < -0.4 is 9.64 Å². The zero-order chi connectivity index (χ0) is 17.7. The number of nitrogens with zero attached hydrogens (tertiary/aromatic N) is 1. The van der Waals surface area contributed by atoms with Crippen LogP contribution in [0, 0.1) is 0 Å². The van der Waals surface area contributed by atoms with Crippen molar-refractivity contribution in [3.63, 3.8) is 0 Å².